The van der Waals surface area contributed by atoms with E-state index in [0.29, 0.717) is 15.9 Å². The average molecular weight is 391 g/mol. The monoisotopic (exact) mass is 390 g/mol. The van der Waals surface area contributed by atoms with Crippen LogP contribution in [0, 0.1) is 19.7 Å². The van der Waals surface area contributed by atoms with Crippen LogP contribution in [-0.4, -0.2) is 17.5 Å². The summed E-state index contributed by atoms with van der Waals surface area (Å²) in [5, 5.41) is 3.82. The van der Waals surface area contributed by atoms with Crippen molar-refractivity contribution in [2.75, 3.05) is 11.9 Å². The first-order valence-corrected chi connectivity index (χ1v) is 9.04. The van der Waals surface area contributed by atoms with Gasteiger partial charge in [0.05, 0.1) is 5.69 Å². The van der Waals surface area contributed by atoms with Crippen molar-refractivity contribution >= 4 is 34.0 Å². The Hall–Kier alpha value is -2.44. The molecule has 26 heavy (non-hydrogen) atoms. The fourth-order valence-corrected chi connectivity index (χ4v) is 3.48. The summed E-state index contributed by atoms with van der Waals surface area (Å²) in [4.78, 5) is 17.5. The number of nitrogens with one attached hydrogen (secondary N) is 1. The molecule has 0 spiro atoms. The molecule has 0 saturated heterocycles. The maximum absolute atomic E-state index is 13.1. The van der Waals surface area contributed by atoms with Crippen LogP contribution in [-0.2, 0) is 4.79 Å². The number of anilines is 1. The van der Waals surface area contributed by atoms with Crippen molar-refractivity contribution in [2.45, 2.75) is 13.8 Å². The predicted molar refractivity (Wildman–Crippen MR) is 103 cm³/mol. The Kier molecular flexibility index (Phi) is 5.54. The molecule has 0 bridgehead atoms. The van der Waals surface area contributed by atoms with Crippen molar-refractivity contribution in [3.05, 3.63) is 63.7 Å². The fourth-order valence-electron chi connectivity index (χ4n) is 2.40. The highest BCUT2D eigenvalue weighted by molar-refractivity contribution is 7.16. The number of nitrogens with zero attached hydrogens (tertiary/aromatic N) is 1. The Labute approximate surface area is 159 Å². The highest BCUT2D eigenvalue weighted by atomic mass is 35.5. The highest BCUT2D eigenvalue weighted by Crippen LogP contribution is 2.30. The largest absolute Gasteiger partial charge is 0.483 e. The van der Waals surface area contributed by atoms with E-state index in [2.05, 4.69) is 10.3 Å². The molecule has 1 amide bonds. The van der Waals surface area contributed by atoms with Crippen molar-refractivity contribution in [1.82, 2.24) is 4.98 Å². The summed E-state index contributed by atoms with van der Waals surface area (Å²) >= 11 is 7.26. The highest BCUT2D eigenvalue weighted by Gasteiger charge is 2.13. The number of ether oxygens (including phenoxy) is 1. The van der Waals surface area contributed by atoms with Crippen molar-refractivity contribution in [1.29, 1.82) is 0 Å². The number of amides is 1. The van der Waals surface area contributed by atoms with Crippen LogP contribution in [0.25, 0.3) is 11.3 Å². The summed E-state index contributed by atoms with van der Waals surface area (Å²) < 4.78 is 18.6. The molecule has 134 valence electrons. The van der Waals surface area contributed by atoms with Gasteiger partial charge in [0, 0.05) is 15.5 Å². The van der Waals surface area contributed by atoms with Gasteiger partial charge in [0.1, 0.15) is 11.6 Å². The van der Waals surface area contributed by atoms with Gasteiger partial charge in [-0.25, -0.2) is 9.37 Å². The minimum Gasteiger partial charge on any atom is -0.483 e. The second-order valence-corrected chi connectivity index (χ2v) is 7.32. The third kappa shape index (κ3) is 4.39. The van der Waals surface area contributed by atoms with Gasteiger partial charge in [-0.3, -0.25) is 10.1 Å². The third-order valence-corrected chi connectivity index (χ3v) is 4.78. The normalized spacial score (nSPS) is 10.6. The molecule has 0 saturated carbocycles. The number of halogens is 2. The summed E-state index contributed by atoms with van der Waals surface area (Å²) in [6.07, 6.45) is 0. The Morgan fingerprint density at radius 2 is 1.96 bits per heavy atom. The zero-order valence-electron chi connectivity index (χ0n) is 14.2. The lowest BCUT2D eigenvalue weighted by atomic mass is 10.1. The molecule has 0 aliphatic rings. The topological polar surface area (TPSA) is 51.2 Å². The van der Waals surface area contributed by atoms with Crippen molar-refractivity contribution in [3.8, 4) is 17.0 Å². The minimum atomic E-state index is -0.307. The van der Waals surface area contributed by atoms with Gasteiger partial charge in [0.15, 0.2) is 11.7 Å². The van der Waals surface area contributed by atoms with E-state index in [-0.39, 0.29) is 18.3 Å². The second-order valence-electron chi connectivity index (χ2n) is 5.68. The SMILES string of the molecule is Cc1cc(Cl)ccc1OCC(=O)Nc1nc(-c2ccc(F)cc2)c(C)s1. The Bertz CT molecular complexity index is 941. The number of benzene rings is 2. The van der Waals surface area contributed by atoms with E-state index in [1.54, 1.807) is 30.3 Å². The Morgan fingerprint density at radius 1 is 1.23 bits per heavy atom. The van der Waals surface area contributed by atoms with Gasteiger partial charge in [0.25, 0.3) is 5.91 Å². The minimum absolute atomic E-state index is 0.132. The first-order valence-electron chi connectivity index (χ1n) is 7.84. The van der Waals surface area contributed by atoms with Crippen LogP contribution < -0.4 is 10.1 Å². The molecule has 0 unspecified atom stereocenters. The number of carbonyl (C=O) groups is 1. The van der Waals surface area contributed by atoms with Gasteiger partial charge in [-0.15, -0.1) is 11.3 Å². The number of hydrogen-bond donors (Lipinski definition) is 1. The number of thiazole rings is 1. The molecule has 0 atom stereocenters. The molecular weight excluding hydrogens is 375 g/mol. The molecule has 3 aromatic rings. The molecular formula is C19H16ClFN2O2S. The molecule has 1 aromatic heterocycles. The van der Waals surface area contributed by atoms with E-state index in [9.17, 15) is 9.18 Å². The van der Waals surface area contributed by atoms with E-state index >= 15 is 0 Å². The van der Waals surface area contributed by atoms with E-state index in [1.165, 1.54) is 23.5 Å². The molecule has 3 rings (SSSR count). The van der Waals surface area contributed by atoms with E-state index < -0.39 is 0 Å². The van der Waals surface area contributed by atoms with Crippen molar-refractivity contribution in [3.63, 3.8) is 0 Å². The zero-order valence-corrected chi connectivity index (χ0v) is 15.7. The van der Waals surface area contributed by atoms with Crippen LogP contribution in [0.1, 0.15) is 10.4 Å². The molecule has 0 fully saturated rings. The third-order valence-electron chi connectivity index (χ3n) is 3.66. The first-order chi connectivity index (χ1) is 12.4. The quantitative estimate of drug-likeness (QED) is 0.648. The maximum atomic E-state index is 13.1. The molecule has 0 radical (unpaired) electrons. The van der Waals surface area contributed by atoms with Gasteiger partial charge in [-0.2, -0.15) is 0 Å². The number of carbonyl (C=O) groups excluding carboxylic acids is 1. The van der Waals surface area contributed by atoms with Crippen LogP contribution in [0.15, 0.2) is 42.5 Å². The number of aromatic nitrogens is 1. The van der Waals surface area contributed by atoms with Gasteiger partial charge in [-0.05, 0) is 61.9 Å². The molecule has 0 aliphatic heterocycles. The molecule has 1 N–H and O–H groups in total. The summed E-state index contributed by atoms with van der Waals surface area (Å²) in [5.41, 5.74) is 2.38. The van der Waals surface area contributed by atoms with Gasteiger partial charge < -0.3 is 4.74 Å². The number of rotatable bonds is 5. The van der Waals surface area contributed by atoms with E-state index in [4.69, 9.17) is 16.3 Å². The van der Waals surface area contributed by atoms with Crippen molar-refractivity contribution in [2.24, 2.45) is 0 Å². The van der Waals surface area contributed by atoms with E-state index in [0.717, 1.165) is 21.7 Å². The molecule has 0 aliphatic carbocycles. The van der Waals surface area contributed by atoms with E-state index in [1.807, 2.05) is 13.8 Å². The summed E-state index contributed by atoms with van der Waals surface area (Å²) in [6, 6.07) is 11.3. The fraction of sp³-hybridized carbons (Fsp3) is 0.158. The van der Waals surface area contributed by atoms with Gasteiger partial charge in [0.2, 0.25) is 0 Å². The molecule has 4 nitrogen and oxygen atoms in total. The lowest BCUT2D eigenvalue weighted by Crippen LogP contribution is -2.20. The number of aryl methyl sites for hydroxylation is 2. The lowest BCUT2D eigenvalue weighted by Gasteiger charge is -2.08. The van der Waals surface area contributed by atoms with Crippen LogP contribution in [0.5, 0.6) is 5.75 Å². The predicted octanol–water partition coefficient (Wildman–Crippen LogP) is 5.24. The van der Waals surface area contributed by atoms with Gasteiger partial charge in [-0.1, -0.05) is 11.6 Å². The van der Waals surface area contributed by atoms with Gasteiger partial charge >= 0.3 is 0 Å². The Balaban J connectivity index is 1.64. The Morgan fingerprint density at radius 3 is 2.65 bits per heavy atom. The molecule has 7 heteroatoms. The van der Waals surface area contributed by atoms with Crippen LogP contribution in [0.3, 0.4) is 0 Å². The maximum Gasteiger partial charge on any atom is 0.264 e. The van der Waals surface area contributed by atoms with Crippen LogP contribution in [0.4, 0.5) is 9.52 Å². The summed E-state index contributed by atoms with van der Waals surface area (Å²) in [5.74, 6) is -0.00423. The summed E-state index contributed by atoms with van der Waals surface area (Å²) in [7, 11) is 0. The number of hydrogen-bond acceptors (Lipinski definition) is 4. The van der Waals surface area contributed by atoms with Crippen molar-refractivity contribution < 1.29 is 13.9 Å². The van der Waals surface area contributed by atoms with Crippen LogP contribution in [0.2, 0.25) is 5.02 Å². The average Bonchev–Trinajstić information content (AvgIpc) is 2.95. The molecule has 1 heterocycles. The first kappa shape index (κ1) is 18.4. The summed E-state index contributed by atoms with van der Waals surface area (Å²) in [6.45, 7) is 3.63. The zero-order chi connectivity index (χ0) is 18.7. The van der Waals surface area contributed by atoms with Crippen LogP contribution >= 0.6 is 22.9 Å². The second kappa shape index (κ2) is 7.85. The smallest absolute Gasteiger partial charge is 0.264 e. The lowest BCUT2D eigenvalue weighted by molar-refractivity contribution is -0.118. The molecule has 2 aromatic carbocycles. The standard InChI is InChI=1S/C19H16ClFN2O2S/c1-11-9-14(20)5-8-16(11)25-10-17(24)22-19-23-18(12(2)26-19)13-3-6-15(21)7-4-13/h3-9H,10H2,1-2H3,(H,22,23,24).